The summed E-state index contributed by atoms with van der Waals surface area (Å²) in [5.74, 6) is 0.927. The molecule has 2 rings (SSSR count). The Balaban J connectivity index is 2.12. The molecule has 4 nitrogen and oxygen atoms in total. The van der Waals surface area contributed by atoms with Gasteiger partial charge in [-0.1, -0.05) is 11.6 Å². The molecule has 1 unspecified atom stereocenters. The Kier molecular flexibility index (Phi) is 5.66. The first kappa shape index (κ1) is 15.6. The molecule has 0 fully saturated rings. The lowest BCUT2D eigenvalue weighted by atomic mass is 10.0. The van der Waals surface area contributed by atoms with Gasteiger partial charge in [0.2, 0.25) is 0 Å². The molecule has 5 heteroatoms. The third kappa shape index (κ3) is 3.64. The Morgan fingerprint density at radius 1 is 1.30 bits per heavy atom. The predicted molar refractivity (Wildman–Crippen MR) is 79.4 cm³/mol. The molecule has 1 heterocycles. The monoisotopic (exact) mass is 299 g/mol. The van der Waals surface area contributed by atoms with Crippen LogP contribution in [0, 0.1) is 0 Å². The van der Waals surface area contributed by atoms with Gasteiger partial charge in [0.25, 0.3) is 0 Å². The Hall–Kier alpha value is -0.810. The van der Waals surface area contributed by atoms with Gasteiger partial charge in [-0.3, -0.25) is 0 Å². The number of rotatable bonds is 7. The van der Waals surface area contributed by atoms with E-state index < -0.39 is 6.29 Å². The molecule has 2 N–H and O–H groups in total. The molecule has 0 saturated carbocycles. The van der Waals surface area contributed by atoms with E-state index in [1.807, 2.05) is 26.0 Å². The van der Waals surface area contributed by atoms with E-state index in [2.05, 4.69) is 0 Å². The number of ether oxygens (including phenoxy) is 3. The van der Waals surface area contributed by atoms with Crippen LogP contribution in [0.25, 0.3) is 0 Å². The van der Waals surface area contributed by atoms with Crippen molar-refractivity contribution in [3.63, 3.8) is 0 Å². The highest BCUT2D eigenvalue weighted by atomic mass is 35.5. The van der Waals surface area contributed by atoms with Crippen LogP contribution in [0.2, 0.25) is 5.02 Å². The van der Waals surface area contributed by atoms with Gasteiger partial charge in [0.15, 0.2) is 6.29 Å². The minimum absolute atomic E-state index is 0.248. The zero-order valence-corrected chi connectivity index (χ0v) is 12.8. The second-order valence-corrected chi connectivity index (χ2v) is 5.24. The van der Waals surface area contributed by atoms with Crippen molar-refractivity contribution in [1.82, 2.24) is 0 Å². The predicted octanol–water partition coefficient (Wildman–Crippen LogP) is 2.54. The first-order valence-electron chi connectivity index (χ1n) is 7.08. The highest BCUT2D eigenvalue weighted by molar-refractivity contribution is 6.30. The standard InChI is InChI=1S/C15H22ClNO3/c1-3-18-15(19-4-2)13(17)9-11-8-12(16)7-10-5-6-20-14(10)11/h7-8,13,15H,3-6,9,17H2,1-2H3. The largest absolute Gasteiger partial charge is 0.493 e. The van der Waals surface area contributed by atoms with Crippen LogP contribution < -0.4 is 10.5 Å². The fourth-order valence-corrected chi connectivity index (χ4v) is 2.74. The number of benzene rings is 1. The second kappa shape index (κ2) is 7.27. The van der Waals surface area contributed by atoms with E-state index >= 15 is 0 Å². The lowest BCUT2D eigenvalue weighted by Crippen LogP contribution is -2.40. The third-order valence-corrected chi connectivity index (χ3v) is 3.51. The van der Waals surface area contributed by atoms with Crippen LogP contribution in [-0.2, 0) is 22.3 Å². The van der Waals surface area contributed by atoms with Gasteiger partial charge >= 0.3 is 0 Å². The first-order chi connectivity index (χ1) is 9.65. The summed E-state index contributed by atoms with van der Waals surface area (Å²) in [6.07, 6.45) is 1.12. The number of halogens is 1. The topological polar surface area (TPSA) is 53.7 Å². The van der Waals surface area contributed by atoms with Crippen molar-refractivity contribution >= 4 is 11.6 Å². The van der Waals surface area contributed by atoms with E-state index in [4.69, 9.17) is 31.5 Å². The number of fused-ring (bicyclic) bond motifs is 1. The van der Waals surface area contributed by atoms with Crippen molar-refractivity contribution in [2.24, 2.45) is 5.73 Å². The minimum atomic E-state index is -0.402. The summed E-state index contributed by atoms with van der Waals surface area (Å²) in [4.78, 5) is 0. The Labute approximate surface area is 125 Å². The molecule has 112 valence electrons. The second-order valence-electron chi connectivity index (χ2n) is 4.80. The molecule has 1 aromatic rings. The molecule has 0 radical (unpaired) electrons. The summed E-state index contributed by atoms with van der Waals surface area (Å²) in [6, 6.07) is 3.63. The maximum Gasteiger partial charge on any atom is 0.172 e. The molecule has 1 aromatic carbocycles. The van der Waals surface area contributed by atoms with E-state index in [1.165, 1.54) is 0 Å². The zero-order valence-electron chi connectivity index (χ0n) is 12.0. The quantitative estimate of drug-likeness (QED) is 0.786. The maximum absolute atomic E-state index is 6.22. The molecule has 0 aliphatic carbocycles. The van der Waals surface area contributed by atoms with Gasteiger partial charge in [-0.25, -0.2) is 0 Å². The van der Waals surface area contributed by atoms with Gasteiger partial charge in [-0.05, 0) is 43.5 Å². The van der Waals surface area contributed by atoms with Crippen LogP contribution in [0.5, 0.6) is 5.75 Å². The summed E-state index contributed by atoms with van der Waals surface area (Å²) in [5.41, 5.74) is 8.40. The third-order valence-electron chi connectivity index (χ3n) is 3.29. The summed E-state index contributed by atoms with van der Waals surface area (Å²) in [7, 11) is 0. The average molecular weight is 300 g/mol. The molecule has 1 aliphatic rings. The van der Waals surface area contributed by atoms with Crippen molar-refractivity contribution in [3.8, 4) is 5.75 Å². The fraction of sp³-hybridized carbons (Fsp3) is 0.600. The van der Waals surface area contributed by atoms with Crippen molar-refractivity contribution in [2.45, 2.75) is 39.0 Å². The van der Waals surface area contributed by atoms with E-state index in [-0.39, 0.29) is 6.04 Å². The van der Waals surface area contributed by atoms with Gasteiger partial charge < -0.3 is 19.9 Å². The van der Waals surface area contributed by atoms with Gasteiger partial charge in [-0.15, -0.1) is 0 Å². The molecule has 0 aromatic heterocycles. The average Bonchev–Trinajstić information content (AvgIpc) is 2.86. The molecular formula is C15H22ClNO3. The van der Waals surface area contributed by atoms with Crippen molar-refractivity contribution in [3.05, 3.63) is 28.3 Å². The lowest BCUT2D eigenvalue weighted by molar-refractivity contribution is -0.148. The molecule has 0 bridgehead atoms. The zero-order chi connectivity index (χ0) is 14.5. The lowest BCUT2D eigenvalue weighted by Gasteiger charge is -2.24. The Bertz CT molecular complexity index is 447. The molecule has 0 spiro atoms. The molecule has 1 atom stereocenters. The molecular weight excluding hydrogens is 278 g/mol. The van der Waals surface area contributed by atoms with Crippen LogP contribution >= 0.6 is 11.6 Å². The fourth-order valence-electron chi connectivity index (χ4n) is 2.47. The van der Waals surface area contributed by atoms with Gasteiger partial charge in [0, 0.05) is 24.7 Å². The summed E-state index contributed by atoms with van der Waals surface area (Å²) in [5, 5.41) is 0.723. The summed E-state index contributed by atoms with van der Waals surface area (Å²) in [6.45, 7) is 5.71. The smallest absolute Gasteiger partial charge is 0.172 e. The molecule has 0 saturated heterocycles. The van der Waals surface area contributed by atoms with Crippen LogP contribution in [0.15, 0.2) is 12.1 Å². The number of nitrogens with two attached hydrogens (primary N) is 1. The summed E-state index contributed by atoms with van der Waals surface area (Å²) >= 11 is 6.15. The van der Waals surface area contributed by atoms with Gasteiger partial charge in [-0.2, -0.15) is 0 Å². The van der Waals surface area contributed by atoms with Crippen molar-refractivity contribution in [1.29, 1.82) is 0 Å². The first-order valence-corrected chi connectivity index (χ1v) is 7.46. The normalized spacial score (nSPS) is 15.2. The van der Waals surface area contributed by atoms with Gasteiger partial charge in [0.1, 0.15) is 5.75 Å². The van der Waals surface area contributed by atoms with Crippen LogP contribution in [0.1, 0.15) is 25.0 Å². The summed E-state index contributed by atoms with van der Waals surface area (Å²) < 4.78 is 16.8. The number of hydrogen-bond acceptors (Lipinski definition) is 4. The minimum Gasteiger partial charge on any atom is -0.493 e. The van der Waals surface area contributed by atoms with Crippen molar-refractivity contribution in [2.75, 3.05) is 19.8 Å². The molecule has 0 amide bonds. The maximum atomic E-state index is 6.22. The number of hydrogen-bond donors (Lipinski definition) is 1. The van der Waals surface area contributed by atoms with E-state index in [1.54, 1.807) is 0 Å². The van der Waals surface area contributed by atoms with E-state index in [9.17, 15) is 0 Å². The molecule has 20 heavy (non-hydrogen) atoms. The Morgan fingerprint density at radius 3 is 2.65 bits per heavy atom. The van der Waals surface area contributed by atoms with Crippen LogP contribution in [0.4, 0.5) is 0 Å². The van der Waals surface area contributed by atoms with E-state index in [0.717, 1.165) is 28.3 Å². The van der Waals surface area contributed by atoms with Crippen LogP contribution in [-0.4, -0.2) is 32.2 Å². The van der Waals surface area contributed by atoms with Crippen LogP contribution in [0.3, 0.4) is 0 Å². The highest BCUT2D eigenvalue weighted by Crippen LogP contribution is 2.33. The Morgan fingerprint density at radius 2 is 2.00 bits per heavy atom. The van der Waals surface area contributed by atoms with Crippen molar-refractivity contribution < 1.29 is 14.2 Å². The van der Waals surface area contributed by atoms with E-state index in [0.29, 0.717) is 26.2 Å². The molecule has 1 aliphatic heterocycles. The SMILES string of the molecule is CCOC(OCC)C(N)Cc1cc(Cl)cc2c1OCC2. The highest BCUT2D eigenvalue weighted by Gasteiger charge is 2.23. The van der Waals surface area contributed by atoms with Gasteiger partial charge in [0.05, 0.1) is 12.6 Å².